The molecule has 1 saturated heterocycles. The summed E-state index contributed by atoms with van der Waals surface area (Å²) in [5, 5.41) is 3.42. The fourth-order valence-electron chi connectivity index (χ4n) is 2.42. The lowest BCUT2D eigenvalue weighted by Crippen LogP contribution is -2.40. The van der Waals surface area contributed by atoms with Gasteiger partial charge in [-0.1, -0.05) is 13.8 Å². The van der Waals surface area contributed by atoms with E-state index in [2.05, 4.69) is 29.1 Å². The van der Waals surface area contributed by atoms with Gasteiger partial charge in [0.25, 0.3) is 0 Å². The van der Waals surface area contributed by atoms with Gasteiger partial charge in [0.05, 0.1) is 6.61 Å². The summed E-state index contributed by atoms with van der Waals surface area (Å²) in [6.07, 6.45) is 2.20. The molecule has 0 amide bonds. The SMILES string of the molecule is CN=C(NCCCOCC(C)C)N1CCC(COC)C1. The number of aliphatic imine (C=N–C) groups is 1. The van der Waals surface area contributed by atoms with Crippen molar-refractivity contribution in [1.82, 2.24) is 10.2 Å². The average molecular weight is 285 g/mol. The van der Waals surface area contributed by atoms with Crippen LogP contribution in [-0.2, 0) is 9.47 Å². The Bertz CT molecular complexity index is 282. The van der Waals surface area contributed by atoms with E-state index in [-0.39, 0.29) is 0 Å². The van der Waals surface area contributed by atoms with Crippen LogP contribution >= 0.6 is 0 Å². The Morgan fingerprint density at radius 3 is 2.90 bits per heavy atom. The summed E-state index contributed by atoms with van der Waals surface area (Å²) in [6, 6.07) is 0. The first-order valence-electron chi connectivity index (χ1n) is 7.69. The maximum absolute atomic E-state index is 5.57. The van der Waals surface area contributed by atoms with Crippen molar-refractivity contribution in [2.24, 2.45) is 16.8 Å². The first-order chi connectivity index (χ1) is 9.67. The van der Waals surface area contributed by atoms with Gasteiger partial charge in [0.2, 0.25) is 0 Å². The molecule has 1 fully saturated rings. The molecule has 1 rings (SSSR count). The number of hydrogen-bond acceptors (Lipinski definition) is 3. The Balaban J connectivity index is 2.14. The Morgan fingerprint density at radius 2 is 2.25 bits per heavy atom. The molecule has 20 heavy (non-hydrogen) atoms. The second kappa shape index (κ2) is 10.00. The fraction of sp³-hybridized carbons (Fsp3) is 0.933. The van der Waals surface area contributed by atoms with Crippen molar-refractivity contribution >= 4 is 5.96 Å². The van der Waals surface area contributed by atoms with Crippen LogP contribution < -0.4 is 5.32 Å². The molecule has 1 atom stereocenters. The third kappa shape index (κ3) is 6.57. The van der Waals surface area contributed by atoms with Crippen molar-refractivity contribution in [2.75, 3.05) is 53.6 Å². The van der Waals surface area contributed by atoms with Crippen LogP contribution in [0.3, 0.4) is 0 Å². The van der Waals surface area contributed by atoms with Gasteiger partial charge in [-0.2, -0.15) is 0 Å². The molecule has 1 aliphatic rings. The zero-order valence-electron chi connectivity index (χ0n) is 13.5. The van der Waals surface area contributed by atoms with Crippen LogP contribution in [0.5, 0.6) is 0 Å². The third-order valence-electron chi connectivity index (χ3n) is 3.40. The zero-order valence-corrected chi connectivity index (χ0v) is 13.5. The van der Waals surface area contributed by atoms with E-state index in [0.717, 1.165) is 51.8 Å². The predicted octanol–water partition coefficient (Wildman–Crippen LogP) is 1.59. The monoisotopic (exact) mass is 285 g/mol. The van der Waals surface area contributed by atoms with E-state index in [1.807, 2.05) is 7.05 Å². The van der Waals surface area contributed by atoms with Gasteiger partial charge in [-0.05, 0) is 18.8 Å². The van der Waals surface area contributed by atoms with Crippen LogP contribution in [0.1, 0.15) is 26.7 Å². The summed E-state index contributed by atoms with van der Waals surface area (Å²) in [4.78, 5) is 6.68. The second-order valence-corrected chi connectivity index (χ2v) is 5.85. The van der Waals surface area contributed by atoms with Gasteiger partial charge in [0.1, 0.15) is 0 Å². The Hall–Kier alpha value is -0.810. The van der Waals surface area contributed by atoms with Gasteiger partial charge in [0.15, 0.2) is 5.96 Å². The molecule has 0 saturated carbocycles. The molecule has 0 aromatic rings. The maximum atomic E-state index is 5.57. The van der Waals surface area contributed by atoms with Crippen molar-refractivity contribution in [1.29, 1.82) is 0 Å². The van der Waals surface area contributed by atoms with Crippen molar-refractivity contribution in [3.8, 4) is 0 Å². The predicted molar refractivity (Wildman–Crippen MR) is 83.2 cm³/mol. The highest BCUT2D eigenvalue weighted by molar-refractivity contribution is 5.80. The summed E-state index contributed by atoms with van der Waals surface area (Å²) in [6.45, 7) is 9.86. The van der Waals surface area contributed by atoms with Crippen LogP contribution in [0.2, 0.25) is 0 Å². The second-order valence-electron chi connectivity index (χ2n) is 5.85. The van der Waals surface area contributed by atoms with Crippen molar-refractivity contribution in [3.05, 3.63) is 0 Å². The van der Waals surface area contributed by atoms with E-state index in [1.165, 1.54) is 6.42 Å². The number of ether oxygens (including phenoxy) is 2. The quantitative estimate of drug-likeness (QED) is 0.418. The van der Waals surface area contributed by atoms with Crippen LogP contribution in [0.15, 0.2) is 4.99 Å². The average Bonchev–Trinajstić information content (AvgIpc) is 2.86. The molecule has 5 nitrogen and oxygen atoms in total. The number of hydrogen-bond donors (Lipinski definition) is 1. The minimum atomic E-state index is 0.609. The minimum absolute atomic E-state index is 0.609. The van der Waals surface area contributed by atoms with Crippen LogP contribution in [0.4, 0.5) is 0 Å². The molecule has 0 aliphatic carbocycles. The minimum Gasteiger partial charge on any atom is -0.384 e. The lowest BCUT2D eigenvalue weighted by atomic mass is 10.1. The molecular weight excluding hydrogens is 254 g/mol. The van der Waals surface area contributed by atoms with E-state index in [4.69, 9.17) is 9.47 Å². The number of likely N-dealkylation sites (tertiary alicyclic amines) is 1. The molecule has 1 aliphatic heterocycles. The van der Waals surface area contributed by atoms with Gasteiger partial charge in [0, 0.05) is 52.9 Å². The van der Waals surface area contributed by atoms with Crippen molar-refractivity contribution < 1.29 is 9.47 Å². The molecule has 0 spiro atoms. The summed E-state index contributed by atoms with van der Waals surface area (Å²) in [5.74, 6) is 2.25. The molecule has 0 bridgehead atoms. The highest BCUT2D eigenvalue weighted by atomic mass is 16.5. The molecule has 1 N–H and O–H groups in total. The number of methoxy groups -OCH3 is 1. The summed E-state index contributed by atoms with van der Waals surface area (Å²) in [7, 11) is 3.62. The highest BCUT2D eigenvalue weighted by Gasteiger charge is 2.24. The van der Waals surface area contributed by atoms with Crippen molar-refractivity contribution in [2.45, 2.75) is 26.7 Å². The van der Waals surface area contributed by atoms with E-state index < -0.39 is 0 Å². The first kappa shape index (κ1) is 17.2. The summed E-state index contributed by atoms with van der Waals surface area (Å²) in [5.41, 5.74) is 0. The number of guanidine groups is 1. The van der Waals surface area contributed by atoms with Crippen LogP contribution in [0, 0.1) is 11.8 Å². The molecule has 0 radical (unpaired) electrons. The largest absolute Gasteiger partial charge is 0.384 e. The van der Waals surface area contributed by atoms with E-state index in [0.29, 0.717) is 11.8 Å². The lowest BCUT2D eigenvalue weighted by molar-refractivity contribution is 0.108. The molecule has 118 valence electrons. The Morgan fingerprint density at radius 1 is 1.45 bits per heavy atom. The molecular formula is C15H31N3O2. The number of nitrogens with zero attached hydrogens (tertiary/aromatic N) is 2. The topological polar surface area (TPSA) is 46.1 Å². The zero-order chi connectivity index (χ0) is 14.8. The summed E-state index contributed by atoms with van der Waals surface area (Å²) >= 11 is 0. The molecule has 5 heteroatoms. The van der Waals surface area contributed by atoms with E-state index >= 15 is 0 Å². The molecule has 0 aromatic heterocycles. The van der Waals surface area contributed by atoms with Gasteiger partial charge < -0.3 is 19.7 Å². The lowest BCUT2D eigenvalue weighted by Gasteiger charge is -2.21. The van der Waals surface area contributed by atoms with Gasteiger partial charge in [-0.25, -0.2) is 0 Å². The molecule has 0 aromatic carbocycles. The first-order valence-corrected chi connectivity index (χ1v) is 7.69. The van der Waals surface area contributed by atoms with E-state index in [1.54, 1.807) is 7.11 Å². The number of nitrogens with one attached hydrogen (secondary N) is 1. The van der Waals surface area contributed by atoms with E-state index in [9.17, 15) is 0 Å². The van der Waals surface area contributed by atoms with Crippen molar-refractivity contribution in [3.63, 3.8) is 0 Å². The highest BCUT2D eigenvalue weighted by Crippen LogP contribution is 2.16. The smallest absolute Gasteiger partial charge is 0.193 e. The Labute approximate surface area is 123 Å². The third-order valence-corrected chi connectivity index (χ3v) is 3.40. The van der Waals surface area contributed by atoms with Gasteiger partial charge in [-0.3, -0.25) is 4.99 Å². The molecule has 1 heterocycles. The van der Waals surface area contributed by atoms with Gasteiger partial charge in [-0.15, -0.1) is 0 Å². The summed E-state index contributed by atoms with van der Waals surface area (Å²) < 4.78 is 10.8. The fourth-order valence-corrected chi connectivity index (χ4v) is 2.42. The van der Waals surface area contributed by atoms with Crippen LogP contribution in [-0.4, -0.2) is 64.5 Å². The Kier molecular flexibility index (Phi) is 8.62. The standard InChI is InChI=1S/C15H31N3O2/c1-13(2)11-20-9-5-7-17-15(16-3)18-8-6-14(10-18)12-19-4/h13-14H,5-12H2,1-4H3,(H,16,17). The number of rotatable bonds is 8. The molecule has 1 unspecified atom stereocenters. The van der Waals surface area contributed by atoms with Crippen LogP contribution in [0.25, 0.3) is 0 Å². The normalized spacial score (nSPS) is 19.9. The van der Waals surface area contributed by atoms with Gasteiger partial charge >= 0.3 is 0 Å². The maximum Gasteiger partial charge on any atom is 0.193 e.